The summed E-state index contributed by atoms with van der Waals surface area (Å²) in [4.78, 5) is 11.5. The van der Waals surface area contributed by atoms with Gasteiger partial charge in [0.1, 0.15) is 5.75 Å². The average molecular weight is 191 g/mol. The second-order valence-electron chi connectivity index (χ2n) is 3.65. The first-order chi connectivity index (χ1) is 6.68. The third kappa shape index (κ3) is 1.45. The van der Waals surface area contributed by atoms with E-state index in [1.807, 2.05) is 13.0 Å². The van der Waals surface area contributed by atoms with Crippen LogP contribution in [0.2, 0.25) is 0 Å². The first-order valence-corrected chi connectivity index (χ1v) is 4.78. The molecule has 1 atom stereocenters. The number of phenols is 1. The van der Waals surface area contributed by atoms with Crippen molar-refractivity contribution in [3.8, 4) is 5.75 Å². The van der Waals surface area contributed by atoms with Gasteiger partial charge in [-0.05, 0) is 36.6 Å². The Morgan fingerprint density at radius 2 is 2.29 bits per heavy atom. The lowest BCUT2D eigenvalue weighted by Gasteiger charge is -2.10. The van der Waals surface area contributed by atoms with Crippen molar-refractivity contribution >= 4 is 5.91 Å². The Morgan fingerprint density at radius 3 is 3.07 bits per heavy atom. The van der Waals surface area contributed by atoms with Crippen molar-refractivity contribution in [2.45, 2.75) is 19.3 Å². The predicted molar refractivity (Wildman–Crippen MR) is 53.2 cm³/mol. The molecular formula is C11H13NO2. The Labute approximate surface area is 82.8 Å². The minimum Gasteiger partial charge on any atom is -0.508 e. The minimum atomic E-state index is -0.118. The zero-order chi connectivity index (χ0) is 10.1. The van der Waals surface area contributed by atoms with Gasteiger partial charge in [0.25, 0.3) is 0 Å². The largest absolute Gasteiger partial charge is 0.508 e. The summed E-state index contributed by atoms with van der Waals surface area (Å²) in [6, 6.07) is 5.21. The predicted octanol–water partition coefficient (Wildman–Crippen LogP) is 1.17. The van der Waals surface area contributed by atoms with Crippen molar-refractivity contribution < 1.29 is 9.90 Å². The summed E-state index contributed by atoms with van der Waals surface area (Å²) in [6.45, 7) is 2.54. The van der Waals surface area contributed by atoms with Gasteiger partial charge in [-0.15, -0.1) is 0 Å². The molecule has 2 N–H and O–H groups in total. The van der Waals surface area contributed by atoms with E-state index in [0.717, 1.165) is 17.5 Å². The molecule has 0 aromatic heterocycles. The molecule has 0 radical (unpaired) electrons. The van der Waals surface area contributed by atoms with Gasteiger partial charge in [-0.1, -0.05) is 6.07 Å². The molecule has 1 aromatic rings. The lowest BCUT2D eigenvalue weighted by Crippen LogP contribution is -2.26. The lowest BCUT2D eigenvalue weighted by molar-refractivity contribution is -0.121. The van der Waals surface area contributed by atoms with Crippen molar-refractivity contribution in [3.05, 3.63) is 29.3 Å². The SMILES string of the molecule is C[C@H]1C(=O)NCCc2cc(O)ccc21. The van der Waals surface area contributed by atoms with Crippen LogP contribution in [0.3, 0.4) is 0 Å². The maximum Gasteiger partial charge on any atom is 0.227 e. The molecule has 0 fully saturated rings. The number of fused-ring (bicyclic) bond motifs is 1. The summed E-state index contributed by atoms with van der Waals surface area (Å²) in [6.07, 6.45) is 0.791. The van der Waals surface area contributed by atoms with E-state index >= 15 is 0 Å². The van der Waals surface area contributed by atoms with Crippen LogP contribution in [-0.2, 0) is 11.2 Å². The number of benzene rings is 1. The van der Waals surface area contributed by atoms with Crippen LogP contribution in [0.15, 0.2) is 18.2 Å². The van der Waals surface area contributed by atoms with Crippen LogP contribution in [0.25, 0.3) is 0 Å². The van der Waals surface area contributed by atoms with E-state index in [1.165, 1.54) is 0 Å². The number of phenolic OH excluding ortho intramolecular Hbond substituents is 1. The normalized spacial score (nSPS) is 20.9. The van der Waals surface area contributed by atoms with E-state index in [-0.39, 0.29) is 17.6 Å². The fraction of sp³-hybridized carbons (Fsp3) is 0.364. The number of rotatable bonds is 0. The molecule has 3 heteroatoms. The van der Waals surface area contributed by atoms with Gasteiger partial charge in [-0.3, -0.25) is 4.79 Å². The number of carbonyl (C=O) groups excluding carboxylic acids is 1. The summed E-state index contributed by atoms with van der Waals surface area (Å²) in [5.41, 5.74) is 2.09. The molecular weight excluding hydrogens is 178 g/mol. The quantitative estimate of drug-likeness (QED) is 0.646. The fourth-order valence-corrected chi connectivity index (χ4v) is 1.85. The number of hydrogen-bond acceptors (Lipinski definition) is 2. The standard InChI is InChI=1S/C11H13NO2/c1-7-10-3-2-9(13)6-8(10)4-5-12-11(7)14/h2-3,6-7,13H,4-5H2,1H3,(H,12,14)/t7-/m1/s1. The van der Waals surface area contributed by atoms with E-state index in [4.69, 9.17) is 0 Å². The highest BCUT2D eigenvalue weighted by molar-refractivity contribution is 5.84. The Balaban J connectivity index is 2.48. The number of nitrogens with one attached hydrogen (secondary N) is 1. The van der Waals surface area contributed by atoms with Crippen LogP contribution in [0, 0.1) is 0 Å². The molecule has 0 unspecified atom stereocenters. The molecule has 1 aliphatic rings. The molecule has 1 amide bonds. The van der Waals surface area contributed by atoms with Crippen molar-refractivity contribution in [1.82, 2.24) is 5.32 Å². The van der Waals surface area contributed by atoms with E-state index in [0.29, 0.717) is 6.54 Å². The monoisotopic (exact) mass is 191 g/mol. The third-order valence-corrected chi connectivity index (χ3v) is 2.68. The summed E-state index contributed by atoms with van der Waals surface area (Å²) < 4.78 is 0. The van der Waals surface area contributed by atoms with Gasteiger partial charge < -0.3 is 10.4 Å². The van der Waals surface area contributed by atoms with Crippen LogP contribution in [0.1, 0.15) is 24.0 Å². The molecule has 3 nitrogen and oxygen atoms in total. The van der Waals surface area contributed by atoms with Crippen LogP contribution in [-0.4, -0.2) is 17.6 Å². The summed E-state index contributed by atoms with van der Waals surface area (Å²) in [5.74, 6) is 0.216. The van der Waals surface area contributed by atoms with Gasteiger partial charge in [0.15, 0.2) is 0 Å². The van der Waals surface area contributed by atoms with Crippen molar-refractivity contribution in [2.75, 3.05) is 6.54 Å². The summed E-state index contributed by atoms with van der Waals surface area (Å²) >= 11 is 0. The molecule has 2 rings (SSSR count). The molecule has 0 bridgehead atoms. The first-order valence-electron chi connectivity index (χ1n) is 4.78. The average Bonchev–Trinajstić information content (AvgIpc) is 2.28. The first kappa shape index (κ1) is 9.06. The van der Waals surface area contributed by atoms with E-state index < -0.39 is 0 Å². The highest BCUT2D eigenvalue weighted by Crippen LogP contribution is 2.26. The van der Waals surface area contributed by atoms with Crippen molar-refractivity contribution in [1.29, 1.82) is 0 Å². The molecule has 14 heavy (non-hydrogen) atoms. The molecule has 0 saturated heterocycles. The van der Waals surface area contributed by atoms with E-state index in [2.05, 4.69) is 5.32 Å². The third-order valence-electron chi connectivity index (χ3n) is 2.68. The number of aromatic hydroxyl groups is 1. The van der Waals surface area contributed by atoms with Crippen LogP contribution in [0.5, 0.6) is 5.75 Å². The van der Waals surface area contributed by atoms with E-state index in [9.17, 15) is 9.90 Å². The van der Waals surface area contributed by atoms with Crippen LogP contribution in [0.4, 0.5) is 0 Å². The Bertz CT molecular complexity index is 374. The molecule has 0 saturated carbocycles. The van der Waals surface area contributed by atoms with Gasteiger partial charge >= 0.3 is 0 Å². The van der Waals surface area contributed by atoms with Gasteiger partial charge in [0.2, 0.25) is 5.91 Å². The number of amides is 1. The fourth-order valence-electron chi connectivity index (χ4n) is 1.85. The van der Waals surface area contributed by atoms with Crippen LogP contribution >= 0.6 is 0 Å². The molecule has 0 spiro atoms. The van der Waals surface area contributed by atoms with Crippen molar-refractivity contribution in [2.24, 2.45) is 0 Å². The van der Waals surface area contributed by atoms with Crippen LogP contribution < -0.4 is 5.32 Å². The summed E-state index contributed by atoms with van der Waals surface area (Å²) in [5, 5.41) is 12.2. The maximum absolute atomic E-state index is 11.5. The van der Waals surface area contributed by atoms with Gasteiger partial charge in [-0.25, -0.2) is 0 Å². The topological polar surface area (TPSA) is 49.3 Å². The summed E-state index contributed by atoms with van der Waals surface area (Å²) in [7, 11) is 0. The molecule has 0 aliphatic carbocycles. The molecule has 74 valence electrons. The second kappa shape index (κ2) is 3.33. The lowest BCUT2D eigenvalue weighted by atomic mass is 9.95. The minimum absolute atomic E-state index is 0.0643. The van der Waals surface area contributed by atoms with Crippen molar-refractivity contribution in [3.63, 3.8) is 0 Å². The number of carbonyl (C=O) groups is 1. The zero-order valence-corrected chi connectivity index (χ0v) is 8.08. The molecule has 1 aliphatic heterocycles. The van der Waals surface area contributed by atoms with Gasteiger partial charge in [0, 0.05) is 6.54 Å². The number of hydrogen-bond donors (Lipinski definition) is 2. The Hall–Kier alpha value is -1.51. The van der Waals surface area contributed by atoms with Gasteiger partial charge in [-0.2, -0.15) is 0 Å². The highest BCUT2D eigenvalue weighted by atomic mass is 16.3. The second-order valence-corrected chi connectivity index (χ2v) is 3.65. The van der Waals surface area contributed by atoms with E-state index in [1.54, 1.807) is 12.1 Å². The highest BCUT2D eigenvalue weighted by Gasteiger charge is 2.21. The molecule has 1 heterocycles. The Kier molecular flexibility index (Phi) is 2.15. The molecule has 1 aromatic carbocycles. The smallest absolute Gasteiger partial charge is 0.227 e. The maximum atomic E-state index is 11.5. The van der Waals surface area contributed by atoms with Gasteiger partial charge in [0.05, 0.1) is 5.92 Å². The Morgan fingerprint density at radius 1 is 1.50 bits per heavy atom. The zero-order valence-electron chi connectivity index (χ0n) is 8.08.